The van der Waals surface area contributed by atoms with E-state index in [-0.39, 0.29) is 5.78 Å². The minimum atomic E-state index is -0.00300. The molecule has 0 radical (unpaired) electrons. The summed E-state index contributed by atoms with van der Waals surface area (Å²) in [4.78, 5) is 20.4. The second-order valence-electron chi connectivity index (χ2n) is 5.73. The third-order valence-corrected chi connectivity index (χ3v) is 4.14. The van der Waals surface area contributed by atoms with E-state index in [0.29, 0.717) is 33.1 Å². The number of aromatic nitrogens is 2. The summed E-state index contributed by atoms with van der Waals surface area (Å²) in [6, 6.07) is 14.1. The molecular weight excluding hydrogens is 371 g/mol. The number of Topliss-reactive ketones (excluding diaryl/α,β-unsaturated/α-hetero) is 1. The van der Waals surface area contributed by atoms with Gasteiger partial charge < -0.3 is 10.6 Å². The predicted octanol–water partition coefficient (Wildman–Crippen LogP) is 5.78. The van der Waals surface area contributed by atoms with Crippen molar-refractivity contribution in [3.63, 3.8) is 0 Å². The molecule has 0 fully saturated rings. The van der Waals surface area contributed by atoms with Crippen LogP contribution in [0.15, 0.2) is 48.5 Å². The van der Waals surface area contributed by atoms with E-state index in [2.05, 4.69) is 20.6 Å². The number of nitrogens with zero attached hydrogens (tertiary/aromatic N) is 2. The van der Waals surface area contributed by atoms with Crippen LogP contribution in [0.3, 0.4) is 0 Å². The average Bonchev–Trinajstić information content (AvgIpc) is 2.58. The molecule has 5 nitrogen and oxygen atoms in total. The summed E-state index contributed by atoms with van der Waals surface area (Å²) < 4.78 is 0. The lowest BCUT2D eigenvalue weighted by Crippen LogP contribution is -2.03. The van der Waals surface area contributed by atoms with Gasteiger partial charge in [0.25, 0.3) is 0 Å². The van der Waals surface area contributed by atoms with E-state index in [1.807, 2.05) is 13.0 Å². The zero-order chi connectivity index (χ0) is 18.7. The summed E-state index contributed by atoms with van der Waals surface area (Å²) >= 11 is 12.2. The molecule has 0 spiro atoms. The molecule has 132 valence electrons. The van der Waals surface area contributed by atoms with Gasteiger partial charge in [-0.05, 0) is 44.2 Å². The van der Waals surface area contributed by atoms with E-state index in [1.54, 1.807) is 42.5 Å². The van der Waals surface area contributed by atoms with Gasteiger partial charge in [0, 0.05) is 28.0 Å². The fraction of sp³-hybridized carbons (Fsp3) is 0.105. The maximum atomic E-state index is 11.5. The van der Waals surface area contributed by atoms with Crippen molar-refractivity contribution in [3.8, 4) is 0 Å². The number of carbonyl (C=O) groups excluding carboxylic acids is 1. The van der Waals surface area contributed by atoms with E-state index in [9.17, 15) is 4.79 Å². The Morgan fingerprint density at radius 3 is 2.58 bits per heavy atom. The molecule has 0 aliphatic rings. The Hall–Kier alpha value is -2.63. The fourth-order valence-electron chi connectivity index (χ4n) is 2.36. The van der Waals surface area contributed by atoms with Crippen LogP contribution >= 0.6 is 23.2 Å². The van der Waals surface area contributed by atoms with Gasteiger partial charge in [0.05, 0.1) is 10.7 Å². The molecule has 3 aromatic rings. The Morgan fingerprint density at radius 1 is 1.00 bits per heavy atom. The highest BCUT2D eigenvalue weighted by Crippen LogP contribution is 2.28. The Labute approximate surface area is 161 Å². The Morgan fingerprint density at radius 2 is 1.81 bits per heavy atom. The van der Waals surface area contributed by atoms with Crippen molar-refractivity contribution >= 4 is 52.1 Å². The van der Waals surface area contributed by atoms with Gasteiger partial charge in [0.15, 0.2) is 5.78 Å². The topological polar surface area (TPSA) is 66.9 Å². The standard InChI is InChI=1S/C19H16Cl2N4O/c1-11-8-18(24-17-10-14(20)6-7-16(17)21)25-19(22-11)23-15-5-3-4-13(9-15)12(2)26/h3-10H,1-2H3,(H2,22,23,24,25). The first-order valence-electron chi connectivity index (χ1n) is 7.86. The van der Waals surface area contributed by atoms with E-state index in [4.69, 9.17) is 23.2 Å². The maximum absolute atomic E-state index is 11.5. The monoisotopic (exact) mass is 386 g/mol. The van der Waals surface area contributed by atoms with Crippen LogP contribution in [0.2, 0.25) is 10.0 Å². The predicted molar refractivity (Wildman–Crippen MR) is 106 cm³/mol. The second kappa shape index (κ2) is 7.72. The molecule has 1 aromatic heterocycles. The van der Waals surface area contributed by atoms with Gasteiger partial charge in [0.1, 0.15) is 5.82 Å². The zero-order valence-corrected chi connectivity index (χ0v) is 15.7. The Balaban J connectivity index is 1.87. The van der Waals surface area contributed by atoms with Crippen molar-refractivity contribution in [2.45, 2.75) is 13.8 Å². The summed E-state index contributed by atoms with van der Waals surface area (Å²) in [5, 5.41) is 7.37. The average molecular weight is 387 g/mol. The van der Waals surface area contributed by atoms with Crippen LogP contribution in [0.25, 0.3) is 0 Å². The molecule has 3 rings (SSSR count). The van der Waals surface area contributed by atoms with E-state index >= 15 is 0 Å². The number of halogens is 2. The third kappa shape index (κ3) is 4.50. The summed E-state index contributed by atoms with van der Waals surface area (Å²) in [5.41, 5.74) is 2.77. The highest BCUT2D eigenvalue weighted by Gasteiger charge is 2.07. The summed E-state index contributed by atoms with van der Waals surface area (Å²) in [5.74, 6) is 0.981. The van der Waals surface area contributed by atoms with Crippen LogP contribution in [0.5, 0.6) is 0 Å². The van der Waals surface area contributed by atoms with Crippen LogP contribution in [-0.2, 0) is 0 Å². The quantitative estimate of drug-likeness (QED) is 0.543. The van der Waals surface area contributed by atoms with Gasteiger partial charge in [-0.3, -0.25) is 4.79 Å². The van der Waals surface area contributed by atoms with E-state index < -0.39 is 0 Å². The van der Waals surface area contributed by atoms with Crippen molar-refractivity contribution < 1.29 is 4.79 Å². The Kier molecular flexibility index (Phi) is 5.40. The number of benzene rings is 2. The third-order valence-electron chi connectivity index (χ3n) is 3.57. The van der Waals surface area contributed by atoms with Gasteiger partial charge in [-0.2, -0.15) is 4.98 Å². The number of rotatable bonds is 5. The van der Waals surface area contributed by atoms with Gasteiger partial charge in [-0.1, -0.05) is 35.3 Å². The zero-order valence-electron chi connectivity index (χ0n) is 14.2. The van der Waals surface area contributed by atoms with Crippen LogP contribution in [0.1, 0.15) is 23.0 Å². The molecule has 0 saturated heterocycles. The fourth-order valence-corrected chi connectivity index (χ4v) is 2.70. The SMILES string of the molecule is CC(=O)c1cccc(Nc2nc(C)cc(Nc3cc(Cl)ccc3Cl)n2)c1. The minimum absolute atomic E-state index is 0.00300. The van der Waals surface area contributed by atoms with Crippen molar-refractivity contribution in [1.29, 1.82) is 0 Å². The van der Waals surface area contributed by atoms with Crippen molar-refractivity contribution in [2.24, 2.45) is 0 Å². The summed E-state index contributed by atoms with van der Waals surface area (Å²) in [7, 11) is 0. The largest absolute Gasteiger partial charge is 0.339 e. The number of carbonyl (C=O) groups is 1. The number of nitrogens with one attached hydrogen (secondary N) is 2. The van der Waals surface area contributed by atoms with Crippen LogP contribution in [-0.4, -0.2) is 15.8 Å². The minimum Gasteiger partial charge on any atom is -0.339 e. The van der Waals surface area contributed by atoms with Crippen molar-refractivity contribution in [3.05, 3.63) is 69.8 Å². The number of hydrogen-bond donors (Lipinski definition) is 2. The molecule has 0 aliphatic heterocycles. The first-order chi connectivity index (χ1) is 12.4. The van der Waals surface area contributed by atoms with Crippen LogP contribution in [0.4, 0.5) is 23.1 Å². The van der Waals surface area contributed by atoms with Crippen molar-refractivity contribution in [1.82, 2.24) is 9.97 Å². The highest BCUT2D eigenvalue weighted by molar-refractivity contribution is 6.35. The van der Waals surface area contributed by atoms with Crippen LogP contribution < -0.4 is 10.6 Å². The lowest BCUT2D eigenvalue weighted by atomic mass is 10.1. The molecule has 26 heavy (non-hydrogen) atoms. The van der Waals surface area contributed by atoms with Gasteiger partial charge in [0.2, 0.25) is 5.95 Å². The smallest absolute Gasteiger partial charge is 0.229 e. The van der Waals surface area contributed by atoms with E-state index in [0.717, 1.165) is 11.4 Å². The first-order valence-corrected chi connectivity index (χ1v) is 8.62. The molecule has 2 N–H and O–H groups in total. The molecule has 1 heterocycles. The van der Waals surface area contributed by atoms with Crippen LogP contribution in [0, 0.1) is 6.92 Å². The number of anilines is 4. The normalized spacial score (nSPS) is 10.5. The number of aryl methyl sites for hydroxylation is 1. The molecule has 0 amide bonds. The lowest BCUT2D eigenvalue weighted by molar-refractivity contribution is 0.101. The second-order valence-corrected chi connectivity index (χ2v) is 6.57. The molecule has 0 bridgehead atoms. The maximum Gasteiger partial charge on any atom is 0.229 e. The summed E-state index contributed by atoms with van der Waals surface area (Å²) in [6.07, 6.45) is 0. The molecule has 0 aliphatic carbocycles. The highest BCUT2D eigenvalue weighted by atomic mass is 35.5. The number of hydrogen-bond acceptors (Lipinski definition) is 5. The lowest BCUT2D eigenvalue weighted by Gasteiger charge is -2.11. The molecule has 7 heteroatoms. The Bertz CT molecular complexity index is 976. The van der Waals surface area contributed by atoms with E-state index in [1.165, 1.54) is 6.92 Å². The molecular formula is C19H16Cl2N4O. The summed E-state index contributed by atoms with van der Waals surface area (Å²) in [6.45, 7) is 3.39. The van der Waals surface area contributed by atoms with Gasteiger partial charge >= 0.3 is 0 Å². The molecule has 2 aromatic carbocycles. The molecule has 0 unspecified atom stereocenters. The molecule has 0 saturated carbocycles. The van der Waals surface area contributed by atoms with Gasteiger partial charge in [-0.15, -0.1) is 0 Å². The van der Waals surface area contributed by atoms with Crippen molar-refractivity contribution in [2.75, 3.05) is 10.6 Å². The first kappa shape index (κ1) is 18.2. The van der Waals surface area contributed by atoms with Gasteiger partial charge in [-0.25, -0.2) is 4.98 Å². The number of ketones is 1. The molecule has 0 atom stereocenters.